The van der Waals surface area contributed by atoms with Crippen LogP contribution in [0, 0.1) is 46.3 Å². The Morgan fingerprint density at radius 3 is 2.30 bits per heavy atom. The fourth-order valence-electron chi connectivity index (χ4n) is 8.09. The highest BCUT2D eigenvalue weighted by Gasteiger charge is 2.61. The molecule has 8 atom stereocenters. The van der Waals surface area contributed by atoms with E-state index in [-0.39, 0.29) is 41.5 Å². The summed E-state index contributed by atoms with van der Waals surface area (Å²) in [5, 5.41) is 10.4. The minimum atomic E-state index is -0.722. The third-order valence-corrected chi connectivity index (χ3v) is 9.94. The second kappa shape index (κ2) is 10.1. The highest BCUT2D eigenvalue weighted by molar-refractivity contribution is 5.87. The molecule has 3 rings (SSSR count). The number of carboxylic acids is 1. The van der Waals surface area contributed by atoms with E-state index in [2.05, 4.69) is 27.7 Å². The summed E-state index contributed by atoms with van der Waals surface area (Å²) in [6.45, 7) is 12.6. The summed E-state index contributed by atoms with van der Waals surface area (Å²) in [6.07, 6.45) is 8.73. The van der Waals surface area contributed by atoms with Crippen LogP contribution < -0.4 is 0 Å². The number of aliphatic carboxylic acids is 1. The number of fused-ring (bicyclic) bond motifs is 1. The Hall–Kier alpha value is -1.39. The maximum atomic E-state index is 13.3. The van der Waals surface area contributed by atoms with Crippen LogP contribution in [0.2, 0.25) is 0 Å². The van der Waals surface area contributed by atoms with Gasteiger partial charge in [-0.3, -0.25) is 14.4 Å². The second-order valence-corrected chi connectivity index (χ2v) is 12.4. The third-order valence-electron chi connectivity index (χ3n) is 9.94. The Morgan fingerprint density at radius 1 is 1.03 bits per heavy atom. The zero-order chi connectivity index (χ0) is 24.6. The van der Waals surface area contributed by atoms with Crippen molar-refractivity contribution in [1.29, 1.82) is 0 Å². The van der Waals surface area contributed by atoms with Crippen molar-refractivity contribution in [3.05, 3.63) is 0 Å². The van der Waals surface area contributed by atoms with Gasteiger partial charge in [-0.15, -0.1) is 0 Å². The van der Waals surface area contributed by atoms with Crippen molar-refractivity contribution in [2.75, 3.05) is 0 Å². The number of Topliss-reactive ketones (excluding diaryl/α,β-unsaturated/α-hetero) is 1. The summed E-state index contributed by atoms with van der Waals surface area (Å²) in [4.78, 5) is 37.4. The molecular formula is C28H46O5. The van der Waals surface area contributed by atoms with Crippen LogP contribution in [0.4, 0.5) is 0 Å². The minimum absolute atomic E-state index is 0.0468. The molecule has 3 aliphatic rings. The summed E-state index contributed by atoms with van der Waals surface area (Å²) in [5.41, 5.74) is -0.590. The number of ketones is 1. The van der Waals surface area contributed by atoms with E-state index in [4.69, 9.17) is 4.74 Å². The standard InChI is InChI=1S/C28H46O5/c1-17(2)8-7-9-18(3)21-10-11-22-25(26(31)32)23(13-15-27(21,22)5)28(6)14-12-20(16-24(28)30)33-19(4)29/h17-18,20-23,25H,7-16H2,1-6H3,(H,31,32)/t18-,20-,21+,22-,23-,25-,27-,28-/m1/s1. The van der Waals surface area contributed by atoms with E-state index < -0.39 is 17.3 Å². The van der Waals surface area contributed by atoms with Crippen molar-refractivity contribution in [2.45, 2.75) is 112 Å². The van der Waals surface area contributed by atoms with E-state index >= 15 is 0 Å². The van der Waals surface area contributed by atoms with Gasteiger partial charge in [0.25, 0.3) is 0 Å². The molecule has 5 heteroatoms. The minimum Gasteiger partial charge on any atom is -0.481 e. The van der Waals surface area contributed by atoms with Crippen molar-refractivity contribution in [1.82, 2.24) is 0 Å². The van der Waals surface area contributed by atoms with E-state index in [0.717, 1.165) is 31.6 Å². The highest BCUT2D eigenvalue weighted by atomic mass is 16.5. The zero-order valence-corrected chi connectivity index (χ0v) is 21.7. The molecule has 3 aliphatic carbocycles. The average molecular weight is 463 g/mol. The SMILES string of the molecule is CC(=O)O[C@@H]1CC[C@](C)([C@@H]2CC[C@@]3(C)[C@H](CC[C@H]3[C@H](C)CCCC(C)C)[C@H]2C(=O)O)C(=O)C1. The third kappa shape index (κ3) is 5.17. The topological polar surface area (TPSA) is 80.7 Å². The van der Waals surface area contributed by atoms with Crippen molar-refractivity contribution in [3.8, 4) is 0 Å². The molecule has 0 saturated heterocycles. The molecule has 33 heavy (non-hydrogen) atoms. The van der Waals surface area contributed by atoms with Gasteiger partial charge in [0.1, 0.15) is 11.9 Å². The van der Waals surface area contributed by atoms with Crippen LogP contribution >= 0.6 is 0 Å². The average Bonchev–Trinajstić information content (AvgIpc) is 3.06. The monoisotopic (exact) mass is 462 g/mol. The molecule has 0 aromatic heterocycles. The molecule has 0 aliphatic heterocycles. The van der Waals surface area contributed by atoms with Crippen molar-refractivity contribution in [2.24, 2.45) is 46.3 Å². The second-order valence-electron chi connectivity index (χ2n) is 12.4. The lowest BCUT2D eigenvalue weighted by Crippen LogP contribution is -2.54. The van der Waals surface area contributed by atoms with Crippen LogP contribution in [0.25, 0.3) is 0 Å². The zero-order valence-electron chi connectivity index (χ0n) is 21.7. The maximum absolute atomic E-state index is 13.3. The maximum Gasteiger partial charge on any atom is 0.307 e. The van der Waals surface area contributed by atoms with Gasteiger partial charge in [-0.1, -0.05) is 53.9 Å². The largest absolute Gasteiger partial charge is 0.481 e. The molecule has 0 aromatic rings. The number of rotatable bonds is 8. The number of ether oxygens (including phenoxy) is 1. The van der Waals surface area contributed by atoms with Crippen molar-refractivity contribution >= 4 is 17.7 Å². The number of esters is 1. The Morgan fingerprint density at radius 2 is 1.73 bits per heavy atom. The molecule has 0 unspecified atom stereocenters. The van der Waals surface area contributed by atoms with Crippen LogP contribution in [0.15, 0.2) is 0 Å². The van der Waals surface area contributed by atoms with E-state index in [1.807, 2.05) is 6.92 Å². The molecule has 0 aromatic carbocycles. The summed E-state index contributed by atoms with van der Waals surface area (Å²) in [5.74, 6) is 0.461. The summed E-state index contributed by atoms with van der Waals surface area (Å²) < 4.78 is 5.31. The molecule has 5 nitrogen and oxygen atoms in total. The van der Waals surface area contributed by atoms with Gasteiger partial charge in [0.15, 0.2) is 0 Å². The van der Waals surface area contributed by atoms with E-state index in [0.29, 0.717) is 24.7 Å². The Bertz CT molecular complexity index is 745. The molecule has 3 fully saturated rings. The lowest BCUT2D eigenvalue weighted by Gasteiger charge is -2.53. The van der Waals surface area contributed by atoms with Crippen LogP contribution in [0.3, 0.4) is 0 Å². The molecule has 188 valence electrons. The van der Waals surface area contributed by atoms with Gasteiger partial charge in [-0.2, -0.15) is 0 Å². The molecule has 0 radical (unpaired) electrons. The van der Waals surface area contributed by atoms with Gasteiger partial charge < -0.3 is 9.84 Å². The van der Waals surface area contributed by atoms with E-state index in [1.54, 1.807) is 0 Å². The van der Waals surface area contributed by atoms with Gasteiger partial charge in [-0.25, -0.2) is 0 Å². The van der Waals surface area contributed by atoms with E-state index in [1.165, 1.54) is 26.2 Å². The predicted octanol–water partition coefficient (Wildman–Crippen LogP) is 6.28. The number of carboxylic acid groups (broad SMARTS) is 1. The van der Waals surface area contributed by atoms with Gasteiger partial charge in [0, 0.05) is 18.8 Å². The number of hydrogen-bond acceptors (Lipinski definition) is 4. The van der Waals surface area contributed by atoms with Gasteiger partial charge in [-0.05, 0) is 73.5 Å². The molecule has 3 saturated carbocycles. The van der Waals surface area contributed by atoms with Crippen LogP contribution in [-0.2, 0) is 19.1 Å². The predicted molar refractivity (Wildman–Crippen MR) is 129 cm³/mol. The summed E-state index contributed by atoms with van der Waals surface area (Å²) in [6, 6.07) is 0. The number of carbonyl (C=O) groups excluding carboxylic acids is 2. The quantitative estimate of drug-likeness (QED) is 0.429. The molecule has 1 N–H and O–H groups in total. The Kier molecular flexibility index (Phi) is 8.01. The lowest BCUT2D eigenvalue weighted by atomic mass is 9.50. The van der Waals surface area contributed by atoms with E-state index in [9.17, 15) is 19.5 Å². The van der Waals surface area contributed by atoms with Crippen LogP contribution in [0.1, 0.15) is 106 Å². The number of hydrogen-bond donors (Lipinski definition) is 1. The smallest absolute Gasteiger partial charge is 0.307 e. The Labute approximate surface area is 200 Å². The first-order valence-corrected chi connectivity index (χ1v) is 13.3. The normalized spacial score (nSPS) is 39.8. The highest BCUT2D eigenvalue weighted by Crippen LogP contribution is 2.64. The number of carbonyl (C=O) groups is 3. The van der Waals surface area contributed by atoms with Gasteiger partial charge >= 0.3 is 11.9 Å². The first-order chi connectivity index (χ1) is 15.4. The fourth-order valence-corrected chi connectivity index (χ4v) is 8.09. The van der Waals surface area contributed by atoms with Gasteiger partial charge in [0.05, 0.1) is 5.92 Å². The molecular weight excluding hydrogens is 416 g/mol. The lowest BCUT2D eigenvalue weighted by molar-refractivity contribution is -0.165. The first kappa shape index (κ1) is 26.2. The fraction of sp³-hybridized carbons (Fsp3) is 0.893. The van der Waals surface area contributed by atoms with Crippen LogP contribution in [0.5, 0.6) is 0 Å². The Balaban J connectivity index is 1.77. The molecule has 0 spiro atoms. The molecule has 0 heterocycles. The summed E-state index contributed by atoms with van der Waals surface area (Å²) >= 11 is 0. The van der Waals surface area contributed by atoms with Crippen molar-refractivity contribution in [3.63, 3.8) is 0 Å². The van der Waals surface area contributed by atoms with Crippen LogP contribution in [-0.4, -0.2) is 28.9 Å². The molecule has 0 amide bonds. The van der Waals surface area contributed by atoms with Gasteiger partial charge in [0.2, 0.25) is 0 Å². The van der Waals surface area contributed by atoms with Crippen molar-refractivity contribution < 1.29 is 24.2 Å². The first-order valence-electron chi connectivity index (χ1n) is 13.3. The molecule has 0 bridgehead atoms. The summed E-state index contributed by atoms with van der Waals surface area (Å²) in [7, 11) is 0.